The Morgan fingerprint density at radius 1 is 1.16 bits per heavy atom. The molecule has 0 unspecified atom stereocenters. The molecule has 0 saturated carbocycles. The van der Waals surface area contributed by atoms with Crippen LogP contribution in [0.2, 0.25) is 0 Å². The van der Waals surface area contributed by atoms with Gasteiger partial charge >= 0.3 is 6.01 Å². The summed E-state index contributed by atoms with van der Waals surface area (Å²) in [7, 11) is 1.73. The Bertz CT molecular complexity index is 981. The number of nitrogens with two attached hydrogens (primary N) is 1. The van der Waals surface area contributed by atoms with Crippen LogP contribution in [0.15, 0.2) is 12.1 Å². The molecular weight excluding hydrogens is 408 g/mol. The predicted molar refractivity (Wildman–Crippen MR) is 124 cm³/mol. The van der Waals surface area contributed by atoms with Crippen molar-refractivity contribution >= 4 is 23.7 Å². The molecular formula is C23H32N6O3. The Balaban J connectivity index is 1.75. The summed E-state index contributed by atoms with van der Waals surface area (Å²) >= 11 is 0. The van der Waals surface area contributed by atoms with Gasteiger partial charge in [0.05, 0.1) is 19.8 Å². The van der Waals surface area contributed by atoms with E-state index in [1.165, 1.54) is 16.0 Å². The number of fused-ring (bicyclic) bond motifs is 6. The van der Waals surface area contributed by atoms with Crippen LogP contribution in [-0.2, 0) is 24.3 Å². The van der Waals surface area contributed by atoms with Crippen LogP contribution < -0.4 is 25.4 Å². The van der Waals surface area contributed by atoms with Crippen molar-refractivity contribution in [2.24, 2.45) is 0 Å². The summed E-state index contributed by atoms with van der Waals surface area (Å²) in [5.41, 5.74) is 10.1. The molecule has 3 N–H and O–H groups in total. The zero-order chi connectivity index (χ0) is 22.7. The minimum absolute atomic E-state index is 0.168. The summed E-state index contributed by atoms with van der Waals surface area (Å²) in [6.45, 7) is 7.72. The summed E-state index contributed by atoms with van der Waals surface area (Å²) in [6, 6.07) is 4.89. The van der Waals surface area contributed by atoms with Gasteiger partial charge in [-0.3, -0.25) is 14.6 Å². The summed E-state index contributed by atoms with van der Waals surface area (Å²) in [5, 5.41) is 3.01. The number of nitrogens with zero attached hydrogens (tertiary/aromatic N) is 4. The lowest BCUT2D eigenvalue weighted by Crippen LogP contribution is -2.36. The van der Waals surface area contributed by atoms with Crippen molar-refractivity contribution in [3.05, 3.63) is 28.8 Å². The number of benzene rings is 1. The predicted octanol–water partition coefficient (Wildman–Crippen LogP) is 2.58. The van der Waals surface area contributed by atoms with Crippen LogP contribution >= 0.6 is 0 Å². The van der Waals surface area contributed by atoms with Gasteiger partial charge in [0.1, 0.15) is 11.4 Å². The highest BCUT2D eigenvalue weighted by Crippen LogP contribution is 2.34. The molecule has 9 heteroatoms. The highest BCUT2D eigenvalue weighted by atomic mass is 16.5. The zero-order valence-corrected chi connectivity index (χ0v) is 19.1. The second kappa shape index (κ2) is 9.60. The Labute approximate surface area is 188 Å². The second-order valence-electron chi connectivity index (χ2n) is 8.52. The first-order valence-electron chi connectivity index (χ1n) is 11.2. The van der Waals surface area contributed by atoms with Gasteiger partial charge in [0.2, 0.25) is 6.41 Å². The van der Waals surface area contributed by atoms with E-state index < -0.39 is 0 Å². The molecule has 3 heterocycles. The number of amides is 1. The highest BCUT2D eigenvalue weighted by Gasteiger charge is 2.24. The third-order valence-corrected chi connectivity index (χ3v) is 6.05. The average Bonchev–Trinajstić information content (AvgIpc) is 2.78. The molecule has 0 spiro atoms. The Morgan fingerprint density at radius 3 is 2.66 bits per heavy atom. The van der Waals surface area contributed by atoms with Crippen molar-refractivity contribution in [2.45, 2.75) is 52.2 Å². The molecule has 2 aliphatic rings. The van der Waals surface area contributed by atoms with Crippen LogP contribution in [0, 0.1) is 0 Å². The lowest BCUT2D eigenvalue weighted by molar-refractivity contribution is -0.107. The van der Waals surface area contributed by atoms with E-state index in [1.54, 1.807) is 7.05 Å². The number of carbonyl (C=O) groups excluding carboxylic acids is 1. The largest absolute Gasteiger partial charge is 0.493 e. The Kier molecular flexibility index (Phi) is 6.64. The van der Waals surface area contributed by atoms with Crippen molar-refractivity contribution in [1.29, 1.82) is 0 Å². The number of hydrogen-bond acceptors (Lipinski definition) is 8. The van der Waals surface area contributed by atoms with E-state index in [0.717, 1.165) is 50.1 Å². The molecule has 0 saturated heterocycles. The fourth-order valence-electron chi connectivity index (χ4n) is 4.24. The molecule has 9 nitrogen and oxygen atoms in total. The van der Waals surface area contributed by atoms with Crippen LogP contribution in [0.5, 0.6) is 11.8 Å². The highest BCUT2D eigenvalue weighted by molar-refractivity contribution is 5.85. The molecule has 0 radical (unpaired) electrons. The molecule has 1 amide bonds. The normalized spacial score (nSPS) is 17.1. The number of anilines is 3. The van der Waals surface area contributed by atoms with E-state index in [0.29, 0.717) is 37.3 Å². The van der Waals surface area contributed by atoms with Crippen LogP contribution in [0.3, 0.4) is 0 Å². The first-order valence-corrected chi connectivity index (χ1v) is 11.2. The Hall–Kier alpha value is -3.07. The van der Waals surface area contributed by atoms with Gasteiger partial charge in [-0.15, -0.1) is 0 Å². The number of aromatic nitrogens is 2. The molecule has 0 atom stereocenters. The van der Waals surface area contributed by atoms with Crippen molar-refractivity contribution in [3.8, 4) is 11.8 Å². The van der Waals surface area contributed by atoms with Crippen LogP contribution in [0.4, 0.5) is 17.3 Å². The fraction of sp³-hybridized carbons (Fsp3) is 0.522. The van der Waals surface area contributed by atoms with E-state index in [2.05, 4.69) is 46.2 Å². The fourth-order valence-corrected chi connectivity index (χ4v) is 4.24. The molecule has 1 aromatic heterocycles. The number of ether oxygens (including phenoxy) is 2. The summed E-state index contributed by atoms with van der Waals surface area (Å²) < 4.78 is 12.0. The van der Waals surface area contributed by atoms with Gasteiger partial charge in [-0.25, -0.2) is 0 Å². The SMILES string of the molecule is CNc1c(N)nc2nc1N(C=O)Cc1cc3c(c(c1)OCCCCO2)CN(C(C)C)CC3. The molecule has 4 rings (SSSR count). The van der Waals surface area contributed by atoms with E-state index in [9.17, 15) is 4.79 Å². The van der Waals surface area contributed by atoms with Gasteiger partial charge in [-0.05, 0) is 50.3 Å². The average molecular weight is 441 g/mol. The zero-order valence-electron chi connectivity index (χ0n) is 19.1. The standard InChI is InChI=1S/C23H32N6O3/c1-15(2)28-7-6-17-10-16-11-19(18(17)13-28)31-8-4-5-9-32-23-26-21(24)20(25-3)22(27-23)29(12-16)14-30/h10-11,14-15,25H,4-9,12-13H2,1-3H3,(H2,24,26,27). The maximum absolute atomic E-state index is 12.1. The number of hydrogen-bond donors (Lipinski definition) is 2. The van der Waals surface area contributed by atoms with Crippen LogP contribution in [0.1, 0.15) is 43.4 Å². The van der Waals surface area contributed by atoms with Gasteiger partial charge < -0.3 is 20.5 Å². The molecule has 32 heavy (non-hydrogen) atoms. The lowest BCUT2D eigenvalue weighted by atomic mass is 9.95. The molecule has 4 bridgehead atoms. The van der Waals surface area contributed by atoms with Crippen molar-refractivity contribution < 1.29 is 14.3 Å². The molecule has 2 aliphatic heterocycles. The van der Waals surface area contributed by atoms with Gasteiger partial charge in [-0.1, -0.05) is 6.07 Å². The lowest BCUT2D eigenvalue weighted by Gasteiger charge is -2.33. The number of rotatable bonds is 3. The summed E-state index contributed by atoms with van der Waals surface area (Å²) in [5.74, 6) is 1.55. The van der Waals surface area contributed by atoms with Crippen molar-refractivity contribution in [3.63, 3.8) is 0 Å². The minimum Gasteiger partial charge on any atom is -0.493 e. The third kappa shape index (κ3) is 4.57. The Morgan fingerprint density at radius 2 is 1.94 bits per heavy atom. The minimum atomic E-state index is 0.168. The quantitative estimate of drug-likeness (QED) is 0.702. The number of nitrogen functional groups attached to an aromatic ring is 1. The van der Waals surface area contributed by atoms with Crippen molar-refractivity contribution in [1.82, 2.24) is 14.9 Å². The molecule has 172 valence electrons. The molecule has 0 fully saturated rings. The smallest absolute Gasteiger partial charge is 0.320 e. The molecule has 2 aromatic rings. The number of nitrogens with one attached hydrogen (secondary N) is 1. The summed E-state index contributed by atoms with van der Waals surface area (Å²) in [6.07, 6.45) is 3.37. The van der Waals surface area contributed by atoms with Crippen LogP contribution in [-0.4, -0.2) is 54.1 Å². The second-order valence-corrected chi connectivity index (χ2v) is 8.52. The topological polar surface area (TPSA) is 106 Å². The monoisotopic (exact) mass is 440 g/mol. The maximum Gasteiger partial charge on any atom is 0.320 e. The molecule has 0 aliphatic carbocycles. The van der Waals surface area contributed by atoms with Crippen molar-refractivity contribution in [2.75, 3.05) is 42.8 Å². The third-order valence-electron chi connectivity index (χ3n) is 6.05. The van der Waals surface area contributed by atoms with E-state index in [4.69, 9.17) is 15.2 Å². The van der Waals surface area contributed by atoms with E-state index in [-0.39, 0.29) is 11.8 Å². The summed E-state index contributed by atoms with van der Waals surface area (Å²) in [4.78, 5) is 24.8. The first-order chi connectivity index (χ1) is 15.5. The maximum atomic E-state index is 12.1. The first kappa shape index (κ1) is 22.1. The van der Waals surface area contributed by atoms with E-state index in [1.807, 2.05) is 0 Å². The van der Waals surface area contributed by atoms with Gasteiger partial charge in [-0.2, -0.15) is 9.97 Å². The number of carbonyl (C=O) groups is 1. The van der Waals surface area contributed by atoms with E-state index >= 15 is 0 Å². The van der Waals surface area contributed by atoms with Gasteiger partial charge in [0, 0.05) is 31.7 Å². The van der Waals surface area contributed by atoms with Gasteiger partial charge in [0.15, 0.2) is 11.6 Å². The van der Waals surface area contributed by atoms with Gasteiger partial charge in [0.25, 0.3) is 0 Å². The molecule has 1 aromatic carbocycles. The van der Waals surface area contributed by atoms with Crippen LogP contribution in [0.25, 0.3) is 0 Å².